The molecule has 0 spiro atoms. The molecule has 0 amide bonds. The number of carbonyl (C=O) groups excluding carboxylic acids is 1. The number of carbonyl (C=O) groups is 1. The molecule has 0 heterocycles. The summed E-state index contributed by atoms with van der Waals surface area (Å²) in [5.74, 6) is -1.60. The Balaban J connectivity index is 3.77. The molecular formula is C11H8F6O2. The van der Waals surface area contributed by atoms with E-state index >= 15 is 0 Å². The monoisotopic (exact) mass is 286 g/mol. The number of ether oxygens (including phenoxy) is 1. The first-order chi connectivity index (χ1) is 8.48. The lowest BCUT2D eigenvalue weighted by atomic mass is 9.97. The fourth-order valence-electron chi connectivity index (χ4n) is 1.54. The zero-order chi connectivity index (χ0) is 15.0. The van der Waals surface area contributed by atoms with Gasteiger partial charge in [0.25, 0.3) is 0 Å². The van der Waals surface area contributed by atoms with E-state index in [0.29, 0.717) is 6.07 Å². The minimum atomic E-state index is -5.29. The summed E-state index contributed by atoms with van der Waals surface area (Å²) in [6, 6.07) is 0.857. The summed E-state index contributed by atoms with van der Waals surface area (Å²) in [4.78, 5) is 11.1. The third-order valence-electron chi connectivity index (χ3n) is 2.32. The second-order valence-corrected chi connectivity index (χ2v) is 3.65. The van der Waals surface area contributed by atoms with E-state index < -0.39 is 40.6 Å². The SMILES string of the molecule is COc1cc(C(C)=O)c(C(F)(F)F)c(C(F)(F)F)c1. The van der Waals surface area contributed by atoms with Crippen molar-refractivity contribution in [3.63, 3.8) is 0 Å². The second-order valence-electron chi connectivity index (χ2n) is 3.65. The molecule has 0 aliphatic carbocycles. The summed E-state index contributed by atoms with van der Waals surface area (Å²) in [5.41, 5.74) is -5.00. The molecule has 106 valence electrons. The Bertz CT molecular complexity index is 501. The standard InChI is InChI=1S/C11H8F6O2/c1-5(18)7-3-6(19-2)4-8(10(12,13)14)9(7)11(15,16)17/h3-4H,1-2H3. The number of benzene rings is 1. The maximum atomic E-state index is 12.7. The average Bonchev–Trinajstić information content (AvgIpc) is 2.24. The minimum absolute atomic E-state index is 0.218. The Hall–Kier alpha value is -1.73. The van der Waals surface area contributed by atoms with E-state index in [1.165, 1.54) is 0 Å². The fraction of sp³-hybridized carbons (Fsp3) is 0.364. The molecule has 0 unspecified atom stereocenters. The Kier molecular flexibility index (Phi) is 3.83. The van der Waals surface area contributed by atoms with Gasteiger partial charge < -0.3 is 4.74 Å². The lowest BCUT2D eigenvalue weighted by Gasteiger charge is -2.19. The first kappa shape index (κ1) is 15.3. The van der Waals surface area contributed by atoms with Gasteiger partial charge in [0.1, 0.15) is 5.75 Å². The molecule has 0 N–H and O–H groups in total. The largest absolute Gasteiger partial charge is 0.497 e. The molecule has 1 aromatic carbocycles. The maximum Gasteiger partial charge on any atom is 0.417 e. The first-order valence-electron chi connectivity index (χ1n) is 4.86. The van der Waals surface area contributed by atoms with Crippen LogP contribution in [0, 0.1) is 0 Å². The van der Waals surface area contributed by atoms with Crippen molar-refractivity contribution in [2.24, 2.45) is 0 Å². The van der Waals surface area contributed by atoms with Gasteiger partial charge in [0, 0.05) is 5.56 Å². The molecule has 0 saturated carbocycles. The van der Waals surface area contributed by atoms with Crippen LogP contribution in [0.4, 0.5) is 26.3 Å². The molecule has 2 nitrogen and oxygen atoms in total. The third kappa shape index (κ3) is 3.18. The smallest absolute Gasteiger partial charge is 0.417 e. The van der Waals surface area contributed by atoms with Crippen LogP contribution in [0.15, 0.2) is 12.1 Å². The normalized spacial score (nSPS) is 12.4. The number of ketones is 1. The molecule has 0 fully saturated rings. The molecule has 1 aromatic rings. The summed E-state index contributed by atoms with van der Waals surface area (Å²) in [5, 5.41) is 0. The third-order valence-corrected chi connectivity index (χ3v) is 2.32. The topological polar surface area (TPSA) is 26.3 Å². The maximum absolute atomic E-state index is 12.7. The number of alkyl halides is 6. The van der Waals surface area contributed by atoms with Crippen molar-refractivity contribution in [2.75, 3.05) is 7.11 Å². The Morgan fingerprint density at radius 3 is 1.89 bits per heavy atom. The van der Waals surface area contributed by atoms with Gasteiger partial charge in [-0.2, -0.15) is 26.3 Å². The summed E-state index contributed by atoms with van der Waals surface area (Å²) in [6.07, 6.45) is -10.5. The van der Waals surface area contributed by atoms with Crippen LogP contribution in [-0.4, -0.2) is 12.9 Å². The van der Waals surface area contributed by atoms with Gasteiger partial charge in [-0.25, -0.2) is 0 Å². The molecule has 8 heteroatoms. The average molecular weight is 286 g/mol. The van der Waals surface area contributed by atoms with Crippen LogP contribution < -0.4 is 4.74 Å². The molecule has 0 bridgehead atoms. The van der Waals surface area contributed by atoms with E-state index in [4.69, 9.17) is 0 Å². The highest BCUT2D eigenvalue weighted by Gasteiger charge is 2.46. The van der Waals surface area contributed by atoms with Gasteiger partial charge in [-0.1, -0.05) is 0 Å². The highest BCUT2D eigenvalue weighted by molar-refractivity contribution is 5.96. The van der Waals surface area contributed by atoms with Gasteiger partial charge >= 0.3 is 12.4 Å². The summed E-state index contributed by atoms with van der Waals surface area (Å²) in [6.45, 7) is 0.754. The number of rotatable bonds is 2. The van der Waals surface area contributed by atoms with Crippen molar-refractivity contribution in [1.82, 2.24) is 0 Å². The summed E-state index contributed by atoms with van der Waals surface area (Å²) in [7, 11) is 0.993. The van der Waals surface area contributed by atoms with Crippen molar-refractivity contribution >= 4 is 5.78 Å². The van der Waals surface area contributed by atoms with E-state index in [1.54, 1.807) is 0 Å². The highest BCUT2D eigenvalue weighted by atomic mass is 19.4. The van der Waals surface area contributed by atoms with E-state index in [1.807, 2.05) is 0 Å². The van der Waals surface area contributed by atoms with Crippen LogP contribution in [-0.2, 0) is 12.4 Å². The Morgan fingerprint density at radius 1 is 1.05 bits per heavy atom. The molecule has 0 saturated heterocycles. The van der Waals surface area contributed by atoms with Gasteiger partial charge in [-0.3, -0.25) is 4.79 Å². The molecule has 19 heavy (non-hydrogen) atoms. The Morgan fingerprint density at radius 2 is 1.58 bits per heavy atom. The van der Waals surface area contributed by atoms with E-state index in [9.17, 15) is 31.1 Å². The minimum Gasteiger partial charge on any atom is -0.497 e. The van der Waals surface area contributed by atoms with Crippen LogP contribution >= 0.6 is 0 Å². The predicted molar refractivity (Wildman–Crippen MR) is 53.0 cm³/mol. The number of methoxy groups -OCH3 is 1. The van der Waals surface area contributed by atoms with E-state index in [2.05, 4.69) is 4.74 Å². The molecule has 0 aliphatic heterocycles. The lowest BCUT2D eigenvalue weighted by molar-refractivity contribution is -0.162. The highest BCUT2D eigenvalue weighted by Crippen LogP contribution is 2.43. The van der Waals surface area contributed by atoms with Gasteiger partial charge in [0.15, 0.2) is 5.78 Å². The number of hydrogen-bond donors (Lipinski definition) is 0. The fourth-order valence-corrected chi connectivity index (χ4v) is 1.54. The molecular weight excluding hydrogens is 278 g/mol. The van der Waals surface area contributed by atoms with Crippen LogP contribution in [0.5, 0.6) is 5.75 Å². The number of halogens is 6. The van der Waals surface area contributed by atoms with Crippen LogP contribution in [0.1, 0.15) is 28.4 Å². The number of hydrogen-bond acceptors (Lipinski definition) is 2. The number of Topliss-reactive ketones (excluding diaryl/α,β-unsaturated/α-hetero) is 1. The van der Waals surface area contributed by atoms with Crippen molar-refractivity contribution < 1.29 is 35.9 Å². The van der Waals surface area contributed by atoms with Crippen molar-refractivity contribution in [2.45, 2.75) is 19.3 Å². The predicted octanol–water partition coefficient (Wildman–Crippen LogP) is 3.94. The van der Waals surface area contributed by atoms with Gasteiger partial charge in [0.2, 0.25) is 0 Å². The molecule has 0 aliphatic rings. The molecule has 0 radical (unpaired) electrons. The Labute approximate surface area is 104 Å². The summed E-state index contributed by atoms with van der Waals surface area (Å²) < 4.78 is 80.7. The van der Waals surface area contributed by atoms with E-state index in [0.717, 1.165) is 14.0 Å². The van der Waals surface area contributed by atoms with Gasteiger partial charge in [-0.15, -0.1) is 0 Å². The lowest BCUT2D eigenvalue weighted by Crippen LogP contribution is -2.20. The first-order valence-corrected chi connectivity index (χ1v) is 4.86. The zero-order valence-electron chi connectivity index (χ0n) is 9.74. The van der Waals surface area contributed by atoms with Crippen molar-refractivity contribution in [3.05, 3.63) is 28.8 Å². The van der Waals surface area contributed by atoms with Crippen LogP contribution in [0.2, 0.25) is 0 Å². The summed E-state index contributed by atoms with van der Waals surface area (Å²) >= 11 is 0. The van der Waals surface area contributed by atoms with E-state index in [-0.39, 0.29) is 6.07 Å². The van der Waals surface area contributed by atoms with Crippen LogP contribution in [0.25, 0.3) is 0 Å². The van der Waals surface area contributed by atoms with Crippen LogP contribution in [0.3, 0.4) is 0 Å². The van der Waals surface area contributed by atoms with Gasteiger partial charge in [-0.05, 0) is 19.1 Å². The molecule has 1 rings (SSSR count). The van der Waals surface area contributed by atoms with Gasteiger partial charge in [0.05, 0.1) is 18.2 Å². The van der Waals surface area contributed by atoms with Crippen molar-refractivity contribution in [3.8, 4) is 5.75 Å². The quantitative estimate of drug-likeness (QED) is 0.608. The van der Waals surface area contributed by atoms with Crippen molar-refractivity contribution in [1.29, 1.82) is 0 Å². The molecule has 0 aromatic heterocycles. The molecule has 0 atom stereocenters. The second kappa shape index (κ2) is 4.75. The zero-order valence-corrected chi connectivity index (χ0v) is 9.74.